The van der Waals surface area contributed by atoms with Gasteiger partial charge in [-0.05, 0) is 28.5 Å². The van der Waals surface area contributed by atoms with Gasteiger partial charge in [-0.15, -0.1) is 5.10 Å². The van der Waals surface area contributed by atoms with E-state index in [4.69, 9.17) is 0 Å². The molecule has 0 atom stereocenters. The van der Waals surface area contributed by atoms with Crippen LogP contribution in [-0.4, -0.2) is 39.5 Å². The molecule has 0 radical (unpaired) electrons. The normalized spacial score (nSPS) is 17.6. The fraction of sp³-hybridized carbons (Fsp3) is 0.455. The van der Waals surface area contributed by atoms with E-state index < -0.39 is 0 Å². The Hall–Kier alpha value is -1.01. The van der Waals surface area contributed by atoms with Crippen LogP contribution in [0.2, 0.25) is 0 Å². The standard InChI is InChI=1S/C11H12BrFN4/c1-2-16-5-7(6-16)17-11-3-8(12)9(13)4-10(11)14-15-17/h3-4,7H,2,5-6H2,1H3. The topological polar surface area (TPSA) is 34.0 Å². The predicted molar refractivity (Wildman–Crippen MR) is 66.3 cm³/mol. The number of fused-ring (bicyclic) bond motifs is 1. The van der Waals surface area contributed by atoms with Crippen molar-refractivity contribution < 1.29 is 4.39 Å². The van der Waals surface area contributed by atoms with Crippen LogP contribution >= 0.6 is 15.9 Å². The molecule has 2 aromatic rings. The van der Waals surface area contributed by atoms with Gasteiger partial charge in [-0.1, -0.05) is 12.1 Å². The van der Waals surface area contributed by atoms with Crippen molar-refractivity contribution in [2.45, 2.75) is 13.0 Å². The molecule has 6 heteroatoms. The minimum atomic E-state index is -0.298. The maximum atomic E-state index is 13.3. The van der Waals surface area contributed by atoms with Crippen LogP contribution in [0.5, 0.6) is 0 Å². The third-order valence-corrected chi connectivity index (χ3v) is 3.85. The number of aromatic nitrogens is 3. The van der Waals surface area contributed by atoms with Crippen LogP contribution in [0.25, 0.3) is 11.0 Å². The van der Waals surface area contributed by atoms with E-state index in [9.17, 15) is 4.39 Å². The molecule has 1 saturated heterocycles. The van der Waals surface area contributed by atoms with E-state index in [1.807, 2.05) is 4.68 Å². The Morgan fingerprint density at radius 1 is 1.47 bits per heavy atom. The van der Waals surface area contributed by atoms with Gasteiger partial charge in [0.25, 0.3) is 0 Å². The van der Waals surface area contributed by atoms with E-state index in [-0.39, 0.29) is 5.82 Å². The second kappa shape index (κ2) is 4.03. The number of hydrogen-bond acceptors (Lipinski definition) is 3. The summed E-state index contributed by atoms with van der Waals surface area (Å²) in [6.45, 7) is 5.18. The van der Waals surface area contributed by atoms with Crippen molar-refractivity contribution in [2.24, 2.45) is 0 Å². The average molecular weight is 299 g/mol. The smallest absolute Gasteiger partial charge is 0.139 e. The molecule has 3 rings (SSSR count). The first-order valence-corrected chi connectivity index (χ1v) is 6.40. The molecular formula is C11H12BrFN4. The Morgan fingerprint density at radius 2 is 2.24 bits per heavy atom. The lowest BCUT2D eigenvalue weighted by molar-refractivity contribution is 0.107. The van der Waals surface area contributed by atoms with E-state index in [1.54, 1.807) is 6.07 Å². The first-order valence-electron chi connectivity index (χ1n) is 5.61. The van der Waals surface area contributed by atoms with Crippen LogP contribution < -0.4 is 0 Å². The number of rotatable bonds is 2. The van der Waals surface area contributed by atoms with Crippen LogP contribution in [0, 0.1) is 5.82 Å². The zero-order chi connectivity index (χ0) is 12.0. The van der Waals surface area contributed by atoms with Gasteiger partial charge in [0, 0.05) is 19.2 Å². The van der Waals surface area contributed by atoms with Gasteiger partial charge < -0.3 is 0 Å². The number of likely N-dealkylation sites (N-methyl/N-ethyl adjacent to an activating group) is 1. The van der Waals surface area contributed by atoms with E-state index in [1.165, 1.54) is 6.07 Å². The third-order valence-electron chi connectivity index (χ3n) is 3.24. The van der Waals surface area contributed by atoms with Crippen molar-refractivity contribution in [3.8, 4) is 0 Å². The summed E-state index contributed by atoms with van der Waals surface area (Å²) in [5.41, 5.74) is 1.50. The molecular weight excluding hydrogens is 287 g/mol. The van der Waals surface area contributed by atoms with Crippen LogP contribution in [0.1, 0.15) is 13.0 Å². The first-order chi connectivity index (χ1) is 8.19. The zero-order valence-corrected chi connectivity index (χ0v) is 11.0. The Labute approximate surface area is 107 Å². The summed E-state index contributed by atoms with van der Waals surface area (Å²) < 4.78 is 15.7. The highest BCUT2D eigenvalue weighted by molar-refractivity contribution is 9.10. The highest BCUT2D eigenvalue weighted by Crippen LogP contribution is 2.27. The molecule has 1 aliphatic rings. The molecule has 2 heterocycles. The van der Waals surface area contributed by atoms with Gasteiger partial charge in [0.2, 0.25) is 0 Å². The summed E-state index contributed by atoms with van der Waals surface area (Å²) in [6, 6.07) is 3.52. The minimum absolute atomic E-state index is 0.298. The predicted octanol–water partition coefficient (Wildman–Crippen LogP) is 2.21. The molecule has 1 fully saturated rings. The van der Waals surface area contributed by atoms with Gasteiger partial charge in [-0.25, -0.2) is 9.07 Å². The zero-order valence-electron chi connectivity index (χ0n) is 9.40. The van der Waals surface area contributed by atoms with Gasteiger partial charge >= 0.3 is 0 Å². The van der Waals surface area contributed by atoms with Crippen molar-refractivity contribution in [1.29, 1.82) is 0 Å². The molecule has 0 bridgehead atoms. The highest BCUT2D eigenvalue weighted by atomic mass is 79.9. The second-order valence-corrected chi connectivity index (χ2v) is 5.15. The van der Waals surface area contributed by atoms with Crippen molar-refractivity contribution in [3.63, 3.8) is 0 Å². The highest BCUT2D eigenvalue weighted by Gasteiger charge is 2.29. The maximum Gasteiger partial charge on any atom is 0.139 e. The number of nitrogens with zero attached hydrogens (tertiary/aromatic N) is 4. The first kappa shape index (κ1) is 11.1. The molecule has 90 valence electrons. The number of benzene rings is 1. The molecule has 0 N–H and O–H groups in total. The monoisotopic (exact) mass is 298 g/mol. The third kappa shape index (κ3) is 1.75. The number of hydrogen-bond donors (Lipinski definition) is 0. The van der Waals surface area contributed by atoms with Crippen LogP contribution in [0.3, 0.4) is 0 Å². The summed E-state index contributed by atoms with van der Waals surface area (Å²) in [4.78, 5) is 2.33. The molecule has 0 amide bonds. The van der Waals surface area contributed by atoms with Gasteiger partial charge in [0.1, 0.15) is 11.3 Å². The lowest BCUT2D eigenvalue weighted by atomic mass is 10.1. The summed E-state index contributed by atoms with van der Waals surface area (Å²) in [7, 11) is 0. The molecule has 1 aromatic carbocycles. The Morgan fingerprint density at radius 3 is 2.94 bits per heavy atom. The van der Waals surface area contributed by atoms with E-state index in [0.717, 1.165) is 25.2 Å². The Balaban J connectivity index is 1.98. The van der Waals surface area contributed by atoms with Crippen molar-refractivity contribution in [1.82, 2.24) is 19.9 Å². The SMILES string of the molecule is CCN1CC(n2nnc3cc(F)c(Br)cc32)C1. The lowest BCUT2D eigenvalue weighted by Crippen LogP contribution is -2.47. The lowest BCUT2D eigenvalue weighted by Gasteiger charge is -2.38. The van der Waals surface area contributed by atoms with E-state index >= 15 is 0 Å². The molecule has 0 unspecified atom stereocenters. The van der Waals surface area contributed by atoms with Crippen LogP contribution in [0.4, 0.5) is 4.39 Å². The number of likely N-dealkylation sites (tertiary alicyclic amines) is 1. The van der Waals surface area contributed by atoms with E-state index in [0.29, 0.717) is 16.0 Å². The van der Waals surface area contributed by atoms with Gasteiger partial charge in [-0.3, -0.25) is 4.90 Å². The summed E-state index contributed by atoms with van der Waals surface area (Å²) in [5, 5.41) is 8.13. The van der Waals surface area contributed by atoms with Crippen molar-refractivity contribution in [2.75, 3.05) is 19.6 Å². The molecule has 1 aliphatic heterocycles. The maximum absolute atomic E-state index is 13.3. The summed E-state index contributed by atoms with van der Waals surface area (Å²) in [5.74, 6) is -0.298. The quantitative estimate of drug-likeness (QED) is 0.852. The second-order valence-electron chi connectivity index (χ2n) is 4.30. The largest absolute Gasteiger partial charge is 0.299 e. The molecule has 17 heavy (non-hydrogen) atoms. The number of halogens is 2. The van der Waals surface area contributed by atoms with Gasteiger partial charge in [-0.2, -0.15) is 0 Å². The van der Waals surface area contributed by atoms with Gasteiger partial charge in [0.05, 0.1) is 16.0 Å². The average Bonchev–Trinajstić information content (AvgIpc) is 2.61. The van der Waals surface area contributed by atoms with Crippen LogP contribution in [-0.2, 0) is 0 Å². The van der Waals surface area contributed by atoms with Crippen molar-refractivity contribution in [3.05, 3.63) is 22.4 Å². The van der Waals surface area contributed by atoms with E-state index in [2.05, 4.69) is 38.1 Å². The summed E-state index contributed by atoms with van der Waals surface area (Å²) in [6.07, 6.45) is 0. The molecule has 0 aliphatic carbocycles. The summed E-state index contributed by atoms with van der Waals surface area (Å²) >= 11 is 3.20. The molecule has 0 saturated carbocycles. The fourth-order valence-corrected chi connectivity index (χ4v) is 2.49. The molecule has 1 aromatic heterocycles. The Bertz CT molecular complexity index is 562. The van der Waals surface area contributed by atoms with Gasteiger partial charge in [0.15, 0.2) is 0 Å². The molecule has 4 nitrogen and oxygen atoms in total. The minimum Gasteiger partial charge on any atom is -0.299 e. The van der Waals surface area contributed by atoms with Crippen LogP contribution in [0.15, 0.2) is 16.6 Å². The van der Waals surface area contributed by atoms with Crippen molar-refractivity contribution >= 4 is 27.0 Å². The molecule has 0 spiro atoms. The Kier molecular flexibility index (Phi) is 2.63. The fourth-order valence-electron chi connectivity index (χ4n) is 2.16.